The molecule has 3 aromatic rings. The first-order chi connectivity index (χ1) is 14.1. The Hall–Kier alpha value is -3.86. The molecule has 1 aromatic heterocycles. The van der Waals surface area contributed by atoms with E-state index in [1.807, 2.05) is 31.2 Å². The van der Waals surface area contributed by atoms with Gasteiger partial charge in [0.1, 0.15) is 6.61 Å². The molecule has 0 aliphatic heterocycles. The molecule has 1 heterocycles. The number of aryl methyl sites for hydroxylation is 1. The molecule has 29 heavy (non-hydrogen) atoms. The van der Waals surface area contributed by atoms with Gasteiger partial charge in [-0.05, 0) is 37.1 Å². The van der Waals surface area contributed by atoms with E-state index in [-0.39, 0.29) is 12.6 Å². The fraction of sp³-hybridized carbons (Fsp3) is 0.238. The van der Waals surface area contributed by atoms with Crippen LogP contribution in [0.1, 0.15) is 30.8 Å². The Bertz CT molecular complexity index is 1030. The van der Waals surface area contributed by atoms with E-state index >= 15 is 0 Å². The average Bonchev–Trinajstić information content (AvgIpc) is 2.73. The highest BCUT2D eigenvalue weighted by Gasteiger charge is 2.11. The topological polar surface area (TPSA) is 119 Å². The van der Waals surface area contributed by atoms with E-state index in [9.17, 15) is 0 Å². The zero-order chi connectivity index (χ0) is 20.6. The summed E-state index contributed by atoms with van der Waals surface area (Å²) in [5.74, 6) is 1.81. The number of nitrogens with zero attached hydrogens (tertiary/aromatic N) is 4. The summed E-state index contributed by atoms with van der Waals surface area (Å²) in [6.45, 7) is 4.47. The van der Waals surface area contributed by atoms with Crippen LogP contribution in [0.3, 0.4) is 0 Å². The van der Waals surface area contributed by atoms with Crippen LogP contribution in [-0.2, 0) is 13.0 Å². The van der Waals surface area contributed by atoms with E-state index in [0.717, 1.165) is 17.7 Å². The van der Waals surface area contributed by atoms with Gasteiger partial charge in [0.25, 0.3) is 0 Å². The maximum absolute atomic E-state index is 9.05. The van der Waals surface area contributed by atoms with Gasteiger partial charge in [0.15, 0.2) is 17.3 Å². The molecule has 0 bridgehead atoms. The molecule has 2 aromatic carbocycles. The van der Waals surface area contributed by atoms with Crippen molar-refractivity contribution >= 4 is 17.6 Å². The fourth-order valence-electron chi connectivity index (χ4n) is 2.74. The van der Waals surface area contributed by atoms with Gasteiger partial charge in [0.2, 0.25) is 11.9 Å². The molecule has 0 fully saturated rings. The number of hydrogen-bond acceptors (Lipinski definition) is 8. The lowest BCUT2D eigenvalue weighted by Gasteiger charge is -2.13. The van der Waals surface area contributed by atoms with E-state index in [2.05, 4.69) is 33.3 Å². The molecule has 0 amide bonds. The van der Waals surface area contributed by atoms with Gasteiger partial charge < -0.3 is 20.5 Å². The van der Waals surface area contributed by atoms with Gasteiger partial charge in [0, 0.05) is 11.8 Å². The monoisotopic (exact) mass is 390 g/mol. The lowest BCUT2D eigenvalue weighted by atomic mass is 10.1. The standard InChI is InChI=1S/C21H22N6O2/c1-3-15-7-5-6-8-16(15)24-21-26-19(25-20(23)27-21)13-29-17-10-9-14(12-22)11-18(17)28-4-2/h5-11H,3-4,13H2,1-2H3,(H3,23,24,25,26,27). The Morgan fingerprint density at radius 3 is 2.62 bits per heavy atom. The molecule has 8 nitrogen and oxygen atoms in total. The van der Waals surface area contributed by atoms with Crippen LogP contribution in [0.25, 0.3) is 0 Å². The molecule has 148 valence electrons. The Morgan fingerprint density at radius 1 is 1.03 bits per heavy atom. The molecule has 0 atom stereocenters. The van der Waals surface area contributed by atoms with Crippen LogP contribution >= 0.6 is 0 Å². The summed E-state index contributed by atoms with van der Waals surface area (Å²) in [6.07, 6.45) is 0.874. The van der Waals surface area contributed by atoms with Gasteiger partial charge in [-0.25, -0.2) is 0 Å². The molecule has 0 saturated carbocycles. The summed E-state index contributed by atoms with van der Waals surface area (Å²) >= 11 is 0. The average molecular weight is 390 g/mol. The van der Waals surface area contributed by atoms with Gasteiger partial charge in [-0.2, -0.15) is 20.2 Å². The number of nitrogens with two attached hydrogens (primary N) is 1. The largest absolute Gasteiger partial charge is 0.490 e. The van der Waals surface area contributed by atoms with E-state index in [1.165, 1.54) is 0 Å². The molecular formula is C21H22N6O2. The Balaban J connectivity index is 1.78. The van der Waals surface area contributed by atoms with Gasteiger partial charge in [-0.15, -0.1) is 0 Å². The highest BCUT2D eigenvalue weighted by Crippen LogP contribution is 2.29. The zero-order valence-electron chi connectivity index (χ0n) is 16.3. The minimum atomic E-state index is 0.0722. The summed E-state index contributed by atoms with van der Waals surface area (Å²) < 4.78 is 11.4. The maximum atomic E-state index is 9.05. The third-order valence-corrected chi connectivity index (χ3v) is 4.07. The molecule has 8 heteroatoms. The number of nitrogen functional groups attached to an aromatic ring is 1. The van der Waals surface area contributed by atoms with Crippen LogP contribution in [0.15, 0.2) is 42.5 Å². The number of benzene rings is 2. The van der Waals surface area contributed by atoms with Gasteiger partial charge in [-0.3, -0.25) is 0 Å². The fourth-order valence-corrected chi connectivity index (χ4v) is 2.74. The highest BCUT2D eigenvalue weighted by atomic mass is 16.5. The van der Waals surface area contributed by atoms with Gasteiger partial charge in [-0.1, -0.05) is 25.1 Å². The third kappa shape index (κ3) is 5.11. The second kappa shape index (κ2) is 9.37. The first kappa shape index (κ1) is 19.9. The Labute approximate surface area is 169 Å². The number of nitriles is 1. The molecule has 0 spiro atoms. The van der Waals surface area contributed by atoms with E-state index in [0.29, 0.717) is 35.4 Å². The summed E-state index contributed by atoms with van der Waals surface area (Å²) in [6, 6.07) is 15.0. The molecule has 0 aliphatic carbocycles. The lowest BCUT2D eigenvalue weighted by Crippen LogP contribution is -2.10. The van der Waals surface area contributed by atoms with Crippen molar-refractivity contribution in [2.45, 2.75) is 26.9 Å². The maximum Gasteiger partial charge on any atom is 0.232 e. The van der Waals surface area contributed by atoms with E-state index in [1.54, 1.807) is 18.2 Å². The van der Waals surface area contributed by atoms with Crippen molar-refractivity contribution in [1.29, 1.82) is 5.26 Å². The van der Waals surface area contributed by atoms with E-state index in [4.69, 9.17) is 20.5 Å². The van der Waals surface area contributed by atoms with Crippen LogP contribution in [0.4, 0.5) is 17.6 Å². The van der Waals surface area contributed by atoms with Gasteiger partial charge in [0.05, 0.1) is 18.2 Å². The number of rotatable bonds is 8. The van der Waals surface area contributed by atoms with Crippen LogP contribution in [-0.4, -0.2) is 21.6 Å². The zero-order valence-corrected chi connectivity index (χ0v) is 16.3. The van der Waals surface area contributed by atoms with Crippen molar-refractivity contribution in [3.05, 3.63) is 59.4 Å². The third-order valence-electron chi connectivity index (χ3n) is 4.07. The molecule has 3 rings (SSSR count). The minimum Gasteiger partial charge on any atom is -0.490 e. The lowest BCUT2D eigenvalue weighted by molar-refractivity contribution is 0.263. The number of anilines is 3. The predicted molar refractivity (Wildman–Crippen MR) is 110 cm³/mol. The molecule has 0 radical (unpaired) electrons. The van der Waals surface area contributed by atoms with Gasteiger partial charge >= 0.3 is 0 Å². The SMILES string of the molecule is CCOc1cc(C#N)ccc1OCc1nc(N)nc(Nc2ccccc2CC)n1. The molecule has 0 aliphatic rings. The Morgan fingerprint density at radius 2 is 1.86 bits per heavy atom. The number of ether oxygens (including phenoxy) is 2. The van der Waals surface area contributed by atoms with Crippen LogP contribution < -0.4 is 20.5 Å². The van der Waals surface area contributed by atoms with Crippen LogP contribution in [0.5, 0.6) is 11.5 Å². The van der Waals surface area contributed by atoms with Crippen molar-refractivity contribution in [2.24, 2.45) is 0 Å². The highest BCUT2D eigenvalue weighted by molar-refractivity contribution is 5.58. The van der Waals surface area contributed by atoms with Crippen molar-refractivity contribution in [1.82, 2.24) is 15.0 Å². The molecule has 0 saturated heterocycles. The second-order valence-corrected chi connectivity index (χ2v) is 6.06. The quantitative estimate of drug-likeness (QED) is 0.599. The molecule has 3 N–H and O–H groups in total. The normalized spacial score (nSPS) is 10.2. The van der Waals surface area contributed by atoms with Crippen molar-refractivity contribution in [2.75, 3.05) is 17.7 Å². The number of aromatic nitrogens is 3. The molecular weight excluding hydrogens is 368 g/mol. The smallest absolute Gasteiger partial charge is 0.232 e. The number of para-hydroxylation sites is 1. The first-order valence-electron chi connectivity index (χ1n) is 9.28. The van der Waals surface area contributed by atoms with Crippen molar-refractivity contribution in [3.63, 3.8) is 0 Å². The minimum absolute atomic E-state index is 0.0722. The van der Waals surface area contributed by atoms with Crippen LogP contribution in [0.2, 0.25) is 0 Å². The summed E-state index contributed by atoms with van der Waals surface area (Å²) in [4.78, 5) is 12.7. The number of nitrogens with one attached hydrogen (secondary N) is 1. The molecule has 0 unspecified atom stereocenters. The summed E-state index contributed by atoms with van der Waals surface area (Å²) in [7, 11) is 0. The summed E-state index contributed by atoms with van der Waals surface area (Å²) in [5, 5.41) is 12.2. The van der Waals surface area contributed by atoms with Crippen LogP contribution in [0, 0.1) is 11.3 Å². The second-order valence-electron chi connectivity index (χ2n) is 6.06. The summed E-state index contributed by atoms with van der Waals surface area (Å²) in [5.41, 5.74) is 8.40. The Kier molecular flexibility index (Phi) is 6.43. The predicted octanol–water partition coefficient (Wildman–Crippen LogP) is 3.61. The first-order valence-corrected chi connectivity index (χ1v) is 9.28. The van der Waals surface area contributed by atoms with Crippen molar-refractivity contribution < 1.29 is 9.47 Å². The van der Waals surface area contributed by atoms with Crippen molar-refractivity contribution in [3.8, 4) is 17.6 Å². The number of hydrogen-bond donors (Lipinski definition) is 2. The van der Waals surface area contributed by atoms with E-state index < -0.39 is 0 Å².